The number of imidazole rings is 1. The van der Waals surface area contributed by atoms with Gasteiger partial charge in [0.1, 0.15) is 17.1 Å². The molecule has 1 aromatic carbocycles. The van der Waals surface area contributed by atoms with Gasteiger partial charge in [0.15, 0.2) is 0 Å². The van der Waals surface area contributed by atoms with Crippen molar-refractivity contribution in [3.8, 4) is 5.75 Å². The van der Waals surface area contributed by atoms with Crippen LogP contribution in [0.4, 0.5) is 13.2 Å². The van der Waals surface area contributed by atoms with Crippen molar-refractivity contribution < 1.29 is 22.7 Å². The van der Waals surface area contributed by atoms with E-state index in [4.69, 9.17) is 0 Å². The van der Waals surface area contributed by atoms with Crippen LogP contribution in [0.15, 0.2) is 48.8 Å². The zero-order chi connectivity index (χ0) is 21.8. The summed E-state index contributed by atoms with van der Waals surface area (Å²) in [6.45, 7) is 3.19. The average Bonchev–Trinajstić information content (AvgIpc) is 3.38. The Hall–Kier alpha value is -3.03. The molecule has 1 aliphatic heterocycles. The van der Waals surface area contributed by atoms with Gasteiger partial charge in [-0.05, 0) is 66.8 Å². The van der Waals surface area contributed by atoms with E-state index in [0.29, 0.717) is 24.3 Å². The Labute approximate surface area is 177 Å². The standard InChI is InChI=1S/C23H22F3N3O2/c1-14-6-7-28-13-19(27-21(28)8-14)22(30)29-11-16-9-15(10-17(16)12-29)18-4-2-3-5-20(18)31-23(24,25)26/h2-8,13,15-17H,9-12H2,1H3/t15-,16-,17+. The van der Waals surface area contributed by atoms with Gasteiger partial charge in [-0.25, -0.2) is 4.98 Å². The lowest BCUT2D eigenvalue weighted by molar-refractivity contribution is -0.275. The van der Waals surface area contributed by atoms with Crippen LogP contribution in [0, 0.1) is 18.8 Å². The summed E-state index contributed by atoms with van der Waals surface area (Å²) in [5.41, 5.74) is 2.84. The van der Waals surface area contributed by atoms with Gasteiger partial charge in [0.2, 0.25) is 0 Å². The Morgan fingerprint density at radius 3 is 2.55 bits per heavy atom. The Morgan fingerprint density at radius 2 is 1.84 bits per heavy atom. The number of amides is 1. The molecule has 1 amide bonds. The van der Waals surface area contributed by atoms with Crippen molar-refractivity contribution in [2.75, 3.05) is 13.1 Å². The zero-order valence-corrected chi connectivity index (χ0v) is 17.0. The summed E-state index contributed by atoms with van der Waals surface area (Å²) in [7, 11) is 0. The molecule has 3 atom stereocenters. The van der Waals surface area contributed by atoms with E-state index in [2.05, 4.69) is 9.72 Å². The fraction of sp³-hybridized carbons (Fsp3) is 0.391. The Morgan fingerprint density at radius 1 is 1.13 bits per heavy atom. The molecule has 5 nitrogen and oxygen atoms in total. The summed E-state index contributed by atoms with van der Waals surface area (Å²) in [5.74, 6) is 0.337. The minimum Gasteiger partial charge on any atom is -0.405 e. The number of rotatable bonds is 3. The van der Waals surface area contributed by atoms with Gasteiger partial charge in [0.05, 0.1) is 0 Å². The number of carbonyl (C=O) groups is 1. The molecule has 0 radical (unpaired) electrons. The average molecular weight is 429 g/mol. The van der Waals surface area contributed by atoms with Crippen molar-refractivity contribution in [2.45, 2.75) is 32.0 Å². The number of aromatic nitrogens is 2. The van der Waals surface area contributed by atoms with Gasteiger partial charge in [-0.3, -0.25) is 4.79 Å². The fourth-order valence-corrected chi connectivity index (χ4v) is 5.10. The smallest absolute Gasteiger partial charge is 0.405 e. The summed E-state index contributed by atoms with van der Waals surface area (Å²) >= 11 is 0. The van der Waals surface area contributed by atoms with E-state index >= 15 is 0 Å². The number of aryl methyl sites for hydroxylation is 1. The maximum Gasteiger partial charge on any atom is 0.573 e. The zero-order valence-electron chi connectivity index (χ0n) is 17.0. The number of fused-ring (bicyclic) bond motifs is 2. The van der Waals surface area contributed by atoms with Gasteiger partial charge in [-0.1, -0.05) is 18.2 Å². The monoisotopic (exact) mass is 429 g/mol. The molecule has 3 heterocycles. The van der Waals surface area contributed by atoms with E-state index in [1.165, 1.54) is 6.07 Å². The lowest BCUT2D eigenvalue weighted by atomic mass is 9.95. The van der Waals surface area contributed by atoms with Crippen LogP contribution < -0.4 is 4.74 Å². The minimum absolute atomic E-state index is 0.00368. The predicted octanol–water partition coefficient (Wildman–Crippen LogP) is 4.81. The van der Waals surface area contributed by atoms with Crippen molar-refractivity contribution in [1.82, 2.24) is 14.3 Å². The molecule has 1 saturated heterocycles. The summed E-state index contributed by atoms with van der Waals surface area (Å²) in [5, 5.41) is 0. The molecule has 0 unspecified atom stereocenters. The normalized spacial score (nSPS) is 23.4. The second-order valence-electron chi connectivity index (χ2n) is 8.58. The summed E-state index contributed by atoms with van der Waals surface area (Å²) < 4.78 is 44.4. The number of ether oxygens (including phenoxy) is 1. The van der Waals surface area contributed by atoms with Gasteiger partial charge in [-0.15, -0.1) is 13.2 Å². The van der Waals surface area contributed by atoms with Crippen molar-refractivity contribution in [3.63, 3.8) is 0 Å². The molecule has 8 heteroatoms. The highest BCUT2D eigenvalue weighted by atomic mass is 19.4. The Kier molecular flexibility index (Phi) is 4.68. The summed E-state index contributed by atoms with van der Waals surface area (Å²) in [4.78, 5) is 19.3. The van der Waals surface area contributed by atoms with E-state index in [1.54, 1.807) is 24.4 Å². The molecule has 2 fully saturated rings. The van der Waals surface area contributed by atoms with Crippen molar-refractivity contribution in [2.24, 2.45) is 11.8 Å². The molecular formula is C23H22F3N3O2. The predicted molar refractivity (Wildman–Crippen MR) is 108 cm³/mol. The third-order valence-electron chi connectivity index (χ3n) is 6.46. The number of hydrogen-bond acceptors (Lipinski definition) is 3. The third kappa shape index (κ3) is 3.86. The highest BCUT2D eigenvalue weighted by Gasteiger charge is 2.44. The second-order valence-corrected chi connectivity index (χ2v) is 8.58. The first-order chi connectivity index (χ1) is 14.8. The first kappa shape index (κ1) is 19.9. The van der Waals surface area contributed by atoms with E-state index in [-0.39, 0.29) is 29.4 Å². The van der Waals surface area contributed by atoms with Crippen LogP contribution in [0.1, 0.15) is 40.4 Å². The molecule has 0 spiro atoms. The maximum atomic E-state index is 13.0. The van der Waals surface area contributed by atoms with Crippen LogP contribution in [0.3, 0.4) is 0 Å². The number of alkyl halides is 3. The summed E-state index contributed by atoms with van der Waals surface area (Å²) in [6.07, 6.45) is 0.422. The quantitative estimate of drug-likeness (QED) is 0.601. The highest BCUT2D eigenvalue weighted by molar-refractivity contribution is 5.93. The van der Waals surface area contributed by atoms with Crippen molar-refractivity contribution >= 4 is 11.6 Å². The number of nitrogens with zero attached hydrogens (tertiary/aromatic N) is 3. The molecule has 2 aliphatic rings. The van der Waals surface area contributed by atoms with Gasteiger partial charge in [0.25, 0.3) is 5.91 Å². The molecule has 162 valence electrons. The topological polar surface area (TPSA) is 46.8 Å². The van der Waals surface area contributed by atoms with E-state index in [9.17, 15) is 18.0 Å². The van der Waals surface area contributed by atoms with Crippen LogP contribution in [0.5, 0.6) is 5.75 Å². The number of hydrogen-bond donors (Lipinski definition) is 0. The molecule has 0 N–H and O–H groups in total. The van der Waals surface area contributed by atoms with Crippen molar-refractivity contribution in [3.05, 3.63) is 65.6 Å². The second kappa shape index (κ2) is 7.28. The molecule has 0 bridgehead atoms. The van der Waals surface area contributed by atoms with Gasteiger partial charge in [0, 0.05) is 25.5 Å². The van der Waals surface area contributed by atoms with Crippen molar-refractivity contribution in [1.29, 1.82) is 0 Å². The third-order valence-corrected chi connectivity index (χ3v) is 6.46. The molecule has 1 aliphatic carbocycles. The van der Waals surface area contributed by atoms with Gasteiger partial charge < -0.3 is 14.0 Å². The molecule has 31 heavy (non-hydrogen) atoms. The number of pyridine rings is 1. The number of carbonyl (C=O) groups excluding carboxylic acids is 1. The largest absolute Gasteiger partial charge is 0.573 e. The van der Waals surface area contributed by atoms with Crippen LogP contribution in [0.2, 0.25) is 0 Å². The van der Waals surface area contributed by atoms with Crippen LogP contribution in [-0.4, -0.2) is 39.6 Å². The van der Waals surface area contributed by atoms with E-state index in [1.807, 2.05) is 34.6 Å². The lowest BCUT2D eigenvalue weighted by Gasteiger charge is -2.20. The molecule has 3 aromatic rings. The molecule has 5 rings (SSSR count). The summed E-state index contributed by atoms with van der Waals surface area (Å²) in [6, 6.07) is 10.3. The van der Waals surface area contributed by atoms with Gasteiger partial charge in [-0.2, -0.15) is 0 Å². The highest BCUT2D eigenvalue weighted by Crippen LogP contribution is 2.48. The minimum atomic E-state index is -4.71. The molecule has 2 aromatic heterocycles. The Balaban J connectivity index is 1.28. The van der Waals surface area contributed by atoms with Crippen LogP contribution >= 0.6 is 0 Å². The lowest BCUT2D eigenvalue weighted by Crippen LogP contribution is -2.30. The molecule has 1 saturated carbocycles. The number of halogens is 3. The Bertz CT molecular complexity index is 1130. The van der Waals surface area contributed by atoms with E-state index in [0.717, 1.165) is 24.1 Å². The SMILES string of the molecule is Cc1ccn2cc(C(=O)N3C[C@H]4C[C@@H](c5ccccc5OC(F)(F)F)C[C@H]4C3)nc2c1. The maximum absolute atomic E-state index is 13.0. The van der Waals surface area contributed by atoms with E-state index < -0.39 is 6.36 Å². The fourth-order valence-electron chi connectivity index (χ4n) is 5.10. The van der Waals surface area contributed by atoms with Gasteiger partial charge >= 0.3 is 6.36 Å². The van der Waals surface area contributed by atoms with Crippen LogP contribution in [-0.2, 0) is 0 Å². The number of para-hydroxylation sites is 1. The number of likely N-dealkylation sites (tertiary alicyclic amines) is 1. The molecular weight excluding hydrogens is 407 g/mol. The number of benzene rings is 1. The first-order valence-electron chi connectivity index (χ1n) is 10.4. The first-order valence-corrected chi connectivity index (χ1v) is 10.4. The van der Waals surface area contributed by atoms with Crippen LogP contribution in [0.25, 0.3) is 5.65 Å².